The molecular weight excluding hydrogens is 1340 g/mol. The first-order valence-corrected chi connectivity index (χ1v) is 38.3. The van der Waals surface area contributed by atoms with E-state index in [-0.39, 0.29) is 0 Å². The normalized spacial score (nSPS) is 11.4. The number of rotatable bonds is 8. The monoisotopic (exact) mass is 1420 g/mol. The van der Waals surface area contributed by atoms with Crippen LogP contribution in [0.3, 0.4) is 0 Å². The molecule has 5 heteroatoms. The summed E-state index contributed by atoms with van der Waals surface area (Å²) < 4.78 is 11.9. The standard InChI is InChI=1S/C31H22N2.C31H23N.C25H19N.C19H15N/c1-21-18-22(32-28-14-6-2-10-24(28)25-11-3-7-15-29(25)32)20-23(19-21)33-30-16-8-4-12-26(30)27-13-5-9-17-31(27)33;1-22-8-7-11-25(20-22)26-16-19-31-29(21-26)28-12-5-6-13-30(28)32(31)27-17-14-24(15-18-27)23-9-3-2-4-10-23;1-18-11-16-25-23(17-18)22-9-5-6-10-24(22)26(25)21-14-12-20(13-15-21)19-7-3-2-4-8-19;1-14-10-12-15(13-11-14)20-18-8-4-2-6-16(18)17-7-3-5-9-19(17)20/h2-20H,1H3;2-21H,1H3;2-17H,1H3;2-13H,1H3. The van der Waals surface area contributed by atoms with Crippen LogP contribution in [0.5, 0.6) is 0 Å². The zero-order valence-corrected chi connectivity index (χ0v) is 62.4. The van der Waals surface area contributed by atoms with Crippen LogP contribution < -0.4 is 0 Å². The quantitative estimate of drug-likeness (QED) is 0.145. The van der Waals surface area contributed by atoms with Gasteiger partial charge in [0.1, 0.15) is 0 Å². The summed E-state index contributed by atoms with van der Waals surface area (Å²) >= 11 is 0. The summed E-state index contributed by atoms with van der Waals surface area (Å²) in [6.07, 6.45) is 0. The number of para-hydroxylation sites is 8. The summed E-state index contributed by atoms with van der Waals surface area (Å²) in [5.74, 6) is 0. The van der Waals surface area contributed by atoms with Gasteiger partial charge in [0.05, 0.1) is 55.2 Å². The second kappa shape index (κ2) is 28.8. The highest BCUT2D eigenvalue weighted by Crippen LogP contribution is 2.40. The van der Waals surface area contributed by atoms with Gasteiger partial charge in [-0.15, -0.1) is 0 Å². The lowest BCUT2D eigenvalue weighted by molar-refractivity contribution is 1.12. The molecule has 0 fully saturated rings. The fourth-order valence-electron chi connectivity index (χ4n) is 16.8. The number of hydrogen-bond donors (Lipinski definition) is 0. The molecule has 5 nitrogen and oxygen atoms in total. The third-order valence-electron chi connectivity index (χ3n) is 21.9. The Morgan fingerprint density at radius 2 is 0.369 bits per heavy atom. The molecule has 0 amide bonds. The van der Waals surface area contributed by atoms with Gasteiger partial charge in [0.25, 0.3) is 0 Å². The molecule has 5 heterocycles. The molecule has 0 aliphatic heterocycles. The summed E-state index contributed by atoms with van der Waals surface area (Å²) in [4.78, 5) is 0. The van der Waals surface area contributed by atoms with Crippen molar-refractivity contribution in [3.05, 3.63) is 429 Å². The van der Waals surface area contributed by atoms with Crippen LogP contribution >= 0.6 is 0 Å². The van der Waals surface area contributed by atoms with E-state index in [4.69, 9.17) is 0 Å². The van der Waals surface area contributed by atoms with Gasteiger partial charge in [-0.05, 0) is 194 Å². The van der Waals surface area contributed by atoms with Gasteiger partial charge < -0.3 is 22.8 Å². The first-order valence-electron chi connectivity index (χ1n) is 38.3. The molecule has 0 N–H and O–H groups in total. The molecule has 0 radical (unpaired) electrons. The first kappa shape index (κ1) is 67.4. The third-order valence-corrected chi connectivity index (χ3v) is 21.9. The summed E-state index contributed by atoms with van der Waals surface area (Å²) in [7, 11) is 0. The topological polar surface area (TPSA) is 24.6 Å². The van der Waals surface area contributed by atoms with Gasteiger partial charge in [0, 0.05) is 82.3 Å². The second-order valence-electron chi connectivity index (χ2n) is 29.1. The summed E-state index contributed by atoms with van der Waals surface area (Å²) in [6.45, 7) is 8.61. The number of aromatic nitrogens is 5. The minimum absolute atomic E-state index is 1.18. The van der Waals surface area contributed by atoms with Crippen molar-refractivity contribution in [3.8, 4) is 61.8 Å². The molecule has 22 aromatic rings. The number of aryl methyl sites for hydroxylation is 4. The van der Waals surface area contributed by atoms with Gasteiger partial charge in [-0.25, -0.2) is 0 Å². The van der Waals surface area contributed by atoms with Gasteiger partial charge >= 0.3 is 0 Å². The summed E-state index contributed by atoms with van der Waals surface area (Å²) in [5, 5.41) is 12.9. The predicted octanol–water partition coefficient (Wildman–Crippen LogP) is 28.5. The average molecular weight is 1420 g/mol. The molecule has 5 aromatic heterocycles. The second-order valence-corrected chi connectivity index (χ2v) is 29.1. The molecule has 0 saturated heterocycles. The van der Waals surface area contributed by atoms with Crippen molar-refractivity contribution >= 4 is 109 Å². The van der Waals surface area contributed by atoms with Crippen LogP contribution in [0.15, 0.2) is 406 Å². The van der Waals surface area contributed by atoms with Crippen LogP contribution in [0, 0.1) is 27.7 Å². The highest BCUT2D eigenvalue weighted by Gasteiger charge is 2.19. The van der Waals surface area contributed by atoms with E-state index in [1.54, 1.807) is 0 Å². The summed E-state index contributed by atoms with van der Waals surface area (Å²) in [5.41, 5.74) is 31.0. The van der Waals surface area contributed by atoms with Crippen LogP contribution in [-0.4, -0.2) is 22.8 Å². The molecule has 0 aliphatic carbocycles. The molecule has 111 heavy (non-hydrogen) atoms. The van der Waals surface area contributed by atoms with E-state index in [2.05, 4.69) is 457 Å². The largest absolute Gasteiger partial charge is 0.309 e. The van der Waals surface area contributed by atoms with Crippen LogP contribution in [0.2, 0.25) is 0 Å². The van der Waals surface area contributed by atoms with Crippen LogP contribution in [0.1, 0.15) is 22.3 Å². The Hall–Kier alpha value is -14.3. The molecule has 0 spiro atoms. The van der Waals surface area contributed by atoms with Crippen LogP contribution in [0.4, 0.5) is 0 Å². The molecule has 0 bridgehead atoms. The molecule has 0 atom stereocenters. The Bertz CT molecular complexity index is 6920. The van der Waals surface area contributed by atoms with E-state index in [0.717, 1.165) is 0 Å². The zero-order valence-electron chi connectivity index (χ0n) is 62.4. The first-order chi connectivity index (χ1) is 54.7. The Kier molecular flexibility index (Phi) is 17.5. The van der Waals surface area contributed by atoms with Crippen molar-refractivity contribution in [1.29, 1.82) is 0 Å². The molecule has 0 saturated carbocycles. The van der Waals surface area contributed by atoms with Gasteiger partial charge in [-0.3, -0.25) is 0 Å². The maximum absolute atomic E-state index is 2.40. The molecule has 528 valence electrons. The smallest absolute Gasteiger partial charge is 0.0541 e. The third kappa shape index (κ3) is 12.5. The van der Waals surface area contributed by atoms with E-state index < -0.39 is 0 Å². The van der Waals surface area contributed by atoms with E-state index >= 15 is 0 Å². The lowest BCUT2D eigenvalue weighted by atomic mass is 10.0. The molecule has 22 rings (SSSR count). The number of nitrogens with zero attached hydrogens (tertiary/aromatic N) is 5. The molecule has 17 aromatic carbocycles. The van der Waals surface area contributed by atoms with Crippen LogP contribution in [-0.2, 0) is 0 Å². The maximum atomic E-state index is 2.40. The fraction of sp³-hybridized carbons (Fsp3) is 0.0377. The van der Waals surface area contributed by atoms with Gasteiger partial charge in [-0.1, -0.05) is 296 Å². The lowest BCUT2D eigenvalue weighted by Crippen LogP contribution is -1.99. The van der Waals surface area contributed by atoms with Crippen molar-refractivity contribution < 1.29 is 0 Å². The minimum atomic E-state index is 1.18. The number of hydrogen-bond acceptors (Lipinski definition) is 0. The van der Waals surface area contributed by atoms with Crippen molar-refractivity contribution in [2.24, 2.45) is 0 Å². The fourth-order valence-corrected chi connectivity index (χ4v) is 16.8. The van der Waals surface area contributed by atoms with Gasteiger partial charge in [0.2, 0.25) is 0 Å². The zero-order chi connectivity index (χ0) is 74.5. The molecular formula is C106H79N5. The Labute approximate surface area is 645 Å². The Balaban J connectivity index is 0.000000102. The van der Waals surface area contributed by atoms with E-state index in [9.17, 15) is 0 Å². The van der Waals surface area contributed by atoms with Gasteiger partial charge in [0.15, 0.2) is 0 Å². The van der Waals surface area contributed by atoms with Crippen molar-refractivity contribution in [3.63, 3.8) is 0 Å². The number of benzene rings is 17. The van der Waals surface area contributed by atoms with E-state index in [1.807, 2.05) is 0 Å². The van der Waals surface area contributed by atoms with Gasteiger partial charge in [-0.2, -0.15) is 0 Å². The Morgan fingerprint density at radius 3 is 0.730 bits per heavy atom. The molecule has 0 aliphatic rings. The Morgan fingerprint density at radius 1 is 0.126 bits per heavy atom. The SMILES string of the molecule is Cc1cc(-n2c3ccccc3c3ccccc32)cc(-n2c3ccccc3c3ccccc32)c1.Cc1ccc(-n2c3ccccc3c3ccccc32)cc1.Cc1ccc2c(c1)c1ccccc1n2-c1ccc(-c2ccccc2)cc1.Cc1cccc(-c2ccc3c(c2)c2ccccc2n3-c2ccc(-c3ccccc3)cc2)c1. The average Bonchev–Trinajstić information content (AvgIpc) is 1.60. The highest BCUT2D eigenvalue weighted by molar-refractivity contribution is 6.14. The van der Waals surface area contributed by atoms with Crippen LogP contribution in [0.25, 0.3) is 171 Å². The minimum Gasteiger partial charge on any atom is -0.309 e. The van der Waals surface area contributed by atoms with Crippen molar-refractivity contribution in [2.45, 2.75) is 27.7 Å². The van der Waals surface area contributed by atoms with E-state index in [1.165, 1.54) is 193 Å². The highest BCUT2D eigenvalue weighted by atomic mass is 15.0. The summed E-state index contributed by atoms with van der Waals surface area (Å²) in [6, 6.07) is 146. The molecule has 0 unspecified atom stereocenters. The maximum Gasteiger partial charge on any atom is 0.0541 e. The lowest BCUT2D eigenvalue weighted by Gasteiger charge is -2.14. The number of fused-ring (bicyclic) bond motifs is 15. The predicted molar refractivity (Wildman–Crippen MR) is 473 cm³/mol. The van der Waals surface area contributed by atoms with Crippen molar-refractivity contribution in [2.75, 3.05) is 0 Å². The van der Waals surface area contributed by atoms with E-state index in [0.29, 0.717) is 0 Å². The van der Waals surface area contributed by atoms with Crippen molar-refractivity contribution in [1.82, 2.24) is 22.8 Å².